The molecule has 1 aromatic carbocycles. The van der Waals surface area contributed by atoms with Gasteiger partial charge in [0.05, 0.1) is 22.0 Å². The first-order valence-corrected chi connectivity index (χ1v) is 10.6. The largest absolute Gasteiger partial charge is 0.456 e. The second-order valence-electron chi connectivity index (χ2n) is 7.68. The van der Waals surface area contributed by atoms with Crippen LogP contribution in [0.25, 0.3) is 5.65 Å². The van der Waals surface area contributed by atoms with Crippen LogP contribution in [-0.2, 0) is 16.1 Å². The van der Waals surface area contributed by atoms with Gasteiger partial charge in [-0.25, -0.2) is 9.78 Å². The lowest BCUT2D eigenvalue weighted by molar-refractivity contribution is -0.120. The van der Waals surface area contributed by atoms with Crippen LogP contribution in [0.4, 0.5) is 5.69 Å². The third-order valence-corrected chi connectivity index (χ3v) is 5.64. The minimum absolute atomic E-state index is 0.0351. The molecule has 1 N–H and O–H groups in total. The van der Waals surface area contributed by atoms with Gasteiger partial charge in [0.1, 0.15) is 12.4 Å². The summed E-state index contributed by atoms with van der Waals surface area (Å²) in [6.07, 6.45) is 4.96. The first-order chi connectivity index (χ1) is 14.9. The number of carbonyl (C=O) groups is 2. The van der Waals surface area contributed by atoms with Gasteiger partial charge in [0.25, 0.3) is 5.56 Å². The summed E-state index contributed by atoms with van der Waals surface area (Å²) in [7, 11) is 0. The molecule has 0 atom stereocenters. The van der Waals surface area contributed by atoms with Crippen molar-refractivity contribution in [3.63, 3.8) is 0 Å². The van der Waals surface area contributed by atoms with Crippen LogP contribution in [0.5, 0.6) is 0 Å². The molecule has 1 aliphatic carbocycles. The van der Waals surface area contributed by atoms with Crippen LogP contribution in [0, 0.1) is 12.8 Å². The molecular formula is C22H22ClN3O5. The lowest BCUT2D eigenvalue weighted by Gasteiger charge is -2.21. The number of carbonyl (C=O) groups excluding carboxylic acids is 2. The third kappa shape index (κ3) is 4.80. The van der Waals surface area contributed by atoms with Gasteiger partial charge in [0.15, 0.2) is 5.65 Å². The van der Waals surface area contributed by atoms with Crippen molar-refractivity contribution < 1.29 is 18.8 Å². The Balaban J connectivity index is 1.44. The fourth-order valence-electron chi connectivity index (χ4n) is 3.72. The van der Waals surface area contributed by atoms with Crippen molar-refractivity contribution in [2.45, 2.75) is 45.6 Å². The molecule has 162 valence electrons. The zero-order valence-corrected chi connectivity index (χ0v) is 17.8. The van der Waals surface area contributed by atoms with E-state index in [0.717, 1.165) is 36.7 Å². The molecule has 0 unspecified atom stereocenters. The molecule has 0 radical (unpaired) electrons. The molecule has 1 aliphatic rings. The van der Waals surface area contributed by atoms with Crippen molar-refractivity contribution in [1.82, 2.24) is 9.56 Å². The number of anilines is 1. The number of halogens is 1. The number of benzene rings is 1. The minimum Gasteiger partial charge on any atom is -0.456 e. The summed E-state index contributed by atoms with van der Waals surface area (Å²) in [5, 5.41) is 3.18. The fourth-order valence-corrected chi connectivity index (χ4v) is 3.88. The third-order valence-electron chi connectivity index (χ3n) is 5.31. The van der Waals surface area contributed by atoms with E-state index in [4.69, 9.17) is 20.9 Å². The van der Waals surface area contributed by atoms with Gasteiger partial charge in [-0.1, -0.05) is 30.9 Å². The van der Waals surface area contributed by atoms with E-state index in [1.165, 1.54) is 18.2 Å². The van der Waals surface area contributed by atoms with Crippen molar-refractivity contribution in [3.05, 3.63) is 62.7 Å². The van der Waals surface area contributed by atoms with Gasteiger partial charge in [-0.2, -0.15) is 0 Å². The molecule has 2 aromatic heterocycles. The van der Waals surface area contributed by atoms with Crippen LogP contribution < -0.4 is 10.9 Å². The average molecular weight is 444 g/mol. The Morgan fingerprint density at radius 2 is 2.00 bits per heavy atom. The quantitative estimate of drug-likeness (QED) is 0.595. The van der Waals surface area contributed by atoms with Crippen molar-refractivity contribution in [2.75, 3.05) is 5.32 Å². The first-order valence-electron chi connectivity index (χ1n) is 10.2. The Labute approximate surface area is 183 Å². The summed E-state index contributed by atoms with van der Waals surface area (Å²) in [6.45, 7) is 1.53. The van der Waals surface area contributed by atoms with E-state index >= 15 is 0 Å². The predicted molar refractivity (Wildman–Crippen MR) is 114 cm³/mol. The molecule has 3 aromatic rings. The lowest BCUT2D eigenvalue weighted by atomic mass is 9.88. The molecule has 31 heavy (non-hydrogen) atoms. The molecule has 1 amide bonds. The summed E-state index contributed by atoms with van der Waals surface area (Å²) in [6, 6.07) is 7.43. The van der Waals surface area contributed by atoms with Gasteiger partial charge >= 0.3 is 5.97 Å². The highest BCUT2D eigenvalue weighted by Gasteiger charge is 2.22. The SMILES string of the molecule is Cc1cc2nc(COC(=O)c3ccc(Cl)c(NC(=O)C4CCCCC4)c3)cc(=O)n2o1. The summed E-state index contributed by atoms with van der Waals surface area (Å²) in [5.41, 5.74) is 0.858. The number of nitrogens with one attached hydrogen (secondary N) is 1. The fraction of sp³-hybridized carbons (Fsp3) is 0.364. The second kappa shape index (κ2) is 8.93. The van der Waals surface area contributed by atoms with Gasteiger partial charge in [-0.15, -0.1) is 4.57 Å². The molecule has 1 fully saturated rings. The second-order valence-corrected chi connectivity index (χ2v) is 8.09. The highest BCUT2D eigenvalue weighted by Crippen LogP contribution is 2.28. The highest BCUT2D eigenvalue weighted by atomic mass is 35.5. The Morgan fingerprint density at radius 3 is 2.77 bits per heavy atom. The van der Waals surface area contributed by atoms with Gasteiger partial charge < -0.3 is 14.6 Å². The molecule has 8 nitrogen and oxygen atoms in total. The minimum atomic E-state index is -0.616. The molecule has 1 saturated carbocycles. The number of aryl methyl sites for hydroxylation is 1. The average Bonchev–Trinajstić information content (AvgIpc) is 3.15. The zero-order chi connectivity index (χ0) is 22.0. The van der Waals surface area contributed by atoms with Crippen molar-refractivity contribution in [3.8, 4) is 0 Å². The number of aromatic nitrogens is 2. The van der Waals surface area contributed by atoms with E-state index in [1.807, 2.05) is 0 Å². The molecular weight excluding hydrogens is 422 g/mol. The van der Waals surface area contributed by atoms with Crippen LogP contribution >= 0.6 is 11.6 Å². The van der Waals surface area contributed by atoms with Gasteiger partial charge in [0.2, 0.25) is 5.91 Å². The van der Waals surface area contributed by atoms with Crippen LogP contribution in [0.3, 0.4) is 0 Å². The number of ether oxygens (including phenoxy) is 1. The first kappa shape index (κ1) is 21.1. The standard InChI is InChI=1S/C22H22ClN3O5/c1-13-9-19-24-16(11-20(27)26(19)31-13)12-30-22(29)15-7-8-17(23)18(10-15)25-21(28)14-5-3-2-4-6-14/h7-11,14H,2-6,12H2,1H3,(H,25,28). The van der Waals surface area contributed by atoms with Crippen LogP contribution in [0.1, 0.15) is 53.9 Å². The van der Waals surface area contributed by atoms with Crippen LogP contribution in [-0.4, -0.2) is 21.4 Å². The molecule has 0 aliphatic heterocycles. The van der Waals surface area contributed by atoms with E-state index in [2.05, 4.69) is 10.3 Å². The number of esters is 1. The number of fused-ring (bicyclic) bond motifs is 1. The number of hydrogen-bond acceptors (Lipinski definition) is 6. The highest BCUT2D eigenvalue weighted by molar-refractivity contribution is 6.33. The predicted octanol–water partition coefficient (Wildman–Crippen LogP) is 4.13. The van der Waals surface area contributed by atoms with Crippen molar-refractivity contribution in [2.24, 2.45) is 5.92 Å². The Kier molecular flexibility index (Phi) is 6.08. The van der Waals surface area contributed by atoms with E-state index in [-0.39, 0.29) is 24.0 Å². The van der Waals surface area contributed by atoms with E-state index in [1.54, 1.807) is 19.1 Å². The van der Waals surface area contributed by atoms with E-state index < -0.39 is 11.5 Å². The Morgan fingerprint density at radius 1 is 1.23 bits per heavy atom. The summed E-state index contributed by atoms with van der Waals surface area (Å²) in [4.78, 5) is 41.4. The summed E-state index contributed by atoms with van der Waals surface area (Å²) >= 11 is 6.21. The molecule has 4 rings (SSSR count). The summed E-state index contributed by atoms with van der Waals surface area (Å²) < 4.78 is 11.6. The topological polar surface area (TPSA) is 103 Å². The maximum absolute atomic E-state index is 12.5. The zero-order valence-electron chi connectivity index (χ0n) is 17.0. The number of amides is 1. The monoisotopic (exact) mass is 443 g/mol. The molecule has 0 saturated heterocycles. The molecule has 0 bridgehead atoms. The number of nitrogens with zero attached hydrogens (tertiary/aromatic N) is 2. The van der Waals surface area contributed by atoms with E-state index in [0.29, 0.717) is 27.8 Å². The maximum Gasteiger partial charge on any atom is 0.338 e. The molecule has 9 heteroatoms. The normalized spacial score (nSPS) is 14.5. The Bertz CT molecular complexity index is 1190. The van der Waals surface area contributed by atoms with Crippen LogP contribution in [0.15, 0.2) is 39.6 Å². The van der Waals surface area contributed by atoms with Gasteiger partial charge in [0, 0.05) is 18.1 Å². The smallest absolute Gasteiger partial charge is 0.338 e. The molecule has 0 spiro atoms. The number of hydrogen-bond donors (Lipinski definition) is 1. The van der Waals surface area contributed by atoms with Crippen molar-refractivity contribution in [1.29, 1.82) is 0 Å². The lowest BCUT2D eigenvalue weighted by Crippen LogP contribution is -2.25. The van der Waals surface area contributed by atoms with Gasteiger partial charge in [-0.3, -0.25) is 9.59 Å². The summed E-state index contributed by atoms with van der Waals surface area (Å²) in [5.74, 6) is -0.189. The maximum atomic E-state index is 12.5. The van der Waals surface area contributed by atoms with E-state index in [9.17, 15) is 14.4 Å². The van der Waals surface area contributed by atoms with Gasteiger partial charge in [-0.05, 0) is 38.0 Å². The number of rotatable bonds is 5. The Hall–Kier alpha value is -3.13. The van der Waals surface area contributed by atoms with Crippen LogP contribution in [0.2, 0.25) is 5.02 Å². The van der Waals surface area contributed by atoms with Crippen molar-refractivity contribution >= 4 is 34.8 Å². The molecule has 2 heterocycles.